The second kappa shape index (κ2) is 10.1. The second-order valence-corrected chi connectivity index (χ2v) is 7.69. The van der Waals surface area contributed by atoms with E-state index in [-0.39, 0.29) is 12.5 Å². The van der Waals surface area contributed by atoms with Crippen LogP contribution in [0.25, 0.3) is 0 Å². The first-order chi connectivity index (χ1) is 14.0. The molecule has 0 radical (unpaired) electrons. The zero-order chi connectivity index (χ0) is 20.8. The predicted molar refractivity (Wildman–Crippen MR) is 116 cm³/mol. The van der Waals surface area contributed by atoms with E-state index >= 15 is 0 Å². The van der Waals surface area contributed by atoms with Crippen LogP contribution in [0.4, 0.5) is 0 Å². The van der Waals surface area contributed by atoms with Crippen LogP contribution < -0.4 is 4.74 Å². The quantitative estimate of drug-likeness (QED) is 0.686. The first-order valence-corrected chi connectivity index (χ1v) is 10.5. The number of aliphatic hydroxyl groups excluding tert-OH is 2. The molecule has 0 spiro atoms. The van der Waals surface area contributed by atoms with E-state index in [9.17, 15) is 10.2 Å². The Hall–Kier alpha value is -2.14. The van der Waals surface area contributed by atoms with Gasteiger partial charge in [0.25, 0.3) is 0 Å². The summed E-state index contributed by atoms with van der Waals surface area (Å²) in [6.07, 6.45) is 11.5. The number of allylic oxidation sites excluding steroid dienone is 8. The molecule has 2 N–H and O–H groups in total. The van der Waals surface area contributed by atoms with Gasteiger partial charge >= 0.3 is 0 Å². The molecule has 2 aliphatic rings. The molecule has 1 aromatic rings. The van der Waals surface area contributed by atoms with Crippen LogP contribution in [0, 0.1) is 0 Å². The molecule has 0 saturated carbocycles. The van der Waals surface area contributed by atoms with Crippen LogP contribution in [0.3, 0.4) is 0 Å². The van der Waals surface area contributed by atoms with Crippen LogP contribution in [0.1, 0.15) is 57.3 Å². The van der Waals surface area contributed by atoms with Gasteiger partial charge in [-0.2, -0.15) is 0 Å². The molecule has 3 rings (SSSR count). The minimum Gasteiger partial charge on any atom is -0.493 e. The van der Waals surface area contributed by atoms with E-state index in [1.807, 2.05) is 13.0 Å². The van der Waals surface area contributed by atoms with E-state index in [0.717, 1.165) is 29.7 Å². The van der Waals surface area contributed by atoms with Gasteiger partial charge in [-0.05, 0) is 61.1 Å². The monoisotopic (exact) mass is 396 g/mol. The Kier molecular flexibility index (Phi) is 7.48. The Bertz CT molecular complexity index is 821. The SMILES string of the molecule is CC/C=C\C=C1\C=C(Cc2ccc(OCC)c(C3CC(O)CC(O)O3)c2)C=C1C. The third kappa shape index (κ3) is 5.69. The van der Waals surface area contributed by atoms with Crippen LogP contribution in [-0.4, -0.2) is 29.2 Å². The van der Waals surface area contributed by atoms with Crippen LogP contribution in [0.2, 0.25) is 0 Å². The Labute approximate surface area is 173 Å². The molecular weight excluding hydrogens is 364 g/mol. The molecule has 4 heteroatoms. The predicted octanol–water partition coefficient (Wildman–Crippen LogP) is 4.94. The summed E-state index contributed by atoms with van der Waals surface area (Å²) in [5.74, 6) is 0.750. The molecule has 0 aromatic heterocycles. The van der Waals surface area contributed by atoms with Gasteiger partial charge in [0.2, 0.25) is 0 Å². The van der Waals surface area contributed by atoms with Crippen molar-refractivity contribution in [2.45, 2.75) is 65.0 Å². The second-order valence-electron chi connectivity index (χ2n) is 7.69. The van der Waals surface area contributed by atoms with Gasteiger partial charge in [0, 0.05) is 18.4 Å². The van der Waals surface area contributed by atoms with Crippen molar-refractivity contribution in [2.75, 3.05) is 6.61 Å². The molecule has 3 atom stereocenters. The normalized spacial score (nSPS) is 26.1. The van der Waals surface area contributed by atoms with E-state index < -0.39 is 12.4 Å². The highest BCUT2D eigenvalue weighted by Gasteiger charge is 2.30. The zero-order valence-electron chi connectivity index (χ0n) is 17.6. The van der Waals surface area contributed by atoms with E-state index in [1.54, 1.807) is 0 Å². The lowest BCUT2D eigenvalue weighted by Gasteiger charge is -2.31. The van der Waals surface area contributed by atoms with E-state index in [2.05, 4.69) is 56.4 Å². The van der Waals surface area contributed by atoms with E-state index in [0.29, 0.717) is 13.0 Å². The molecule has 3 unspecified atom stereocenters. The van der Waals surface area contributed by atoms with Crippen LogP contribution in [-0.2, 0) is 11.2 Å². The summed E-state index contributed by atoms with van der Waals surface area (Å²) in [5, 5.41) is 20.0. The minimum atomic E-state index is -0.950. The highest BCUT2D eigenvalue weighted by atomic mass is 16.6. The van der Waals surface area contributed by atoms with Gasteiger partial charge in [-0.3, -0.25) is 0 Å². The van der Waals surface area contributed by atoms with Crippen molar-refractivity contribution >= 4 is 0 Å². The van der Waals surface area contributed by atoms with Gasteiger partial charge in [-0.1, -0.05) is 43.4 Å². The first kappa shape index (κ1) is 21.6. The summed E-state index contributed by atoms with van der Waals surface area (Å²) >= 11 is 0. The number of rotatable bonds is 7. The maximum Gasteiger partial charge on any atom is 0.157 e. The molecule has 4 nitrogen and oxygen atoms in total. The number of ether oxygens (including phenoxy) is 2. The molecule has 1 aliphatic carbocycles. The lowest BCUT2D eigenvalue weighted by atomic mass is 9.95. The summed E-state index contributed by atoms with van der Waals surface area (Å²) < 4.78 is 11.5. The standard InChI is InChI=1S/C25H32O4/c1-4-6-7-8-20-13-19(11-17(20)3)12-18-9-10-23(28-5-2)22(14-18)24-15-21(26)16-25(27)29-24/h6-11,13-14,21,24-27H,4-5,12,15-16H2,1-3H3/b7-6-,20-8-. The average Bonchev–Trinajstić information content (AvgIpc) is 3.02. The molecule has 1 fully saturated rings. The largest absolute Gasteiger partial charge is 0.493 e. The molecule has 0 bridgehead atoms. The van der Waals surface area contributed by atoms with Gasteiger partial charge in [0.1, 0.15) is 5.75 Å². The van der Waals surface area contributed by atoms with Gasteiger partial charge in [-0.15, -0.1) is 0 Å². The minimum absolute atomic E-state index is 0.249. The fourth-order valence-electron chi connectivity index (χ4n) is 3.87. The van der Waals surface area contributed by atoms with Crippen molar-refractivity contribution in [3.8, 4) is 5.75 Å². The molecule has 0 amide bonds. The zero-order valence-corrected chi connectivity index (χ0v) is 17.6. The maximum atomic E-state index is 10.1. The topological polar surface area (TPSA) is 58.9 Å². The van der Waals surface area contributed by atoms with Crippen LogP contribution in [0.5, 0.6) is 5.75 Å². The smallest absolute Gasteiger partial charge is 0.157 e. The van der Waals surface area contributed by atoms with Gasteiger partial charge < -0.3 is 19.7 Å². The fourth-order valence-corrected chi connectivity index (χ4v) is 3.87. The van der Waals surface area contributed by atoms with Gasteiger partial charge in [0.05, 0.1) is 18.8 Å². The summed E-state index contributed by atoms with van der Waals surface area (Å²) in [6, 6.07) is 6.13. The van der Waals surface area contributed by atoms with Crippen molar-refractivity contribution < 1.29 is 19.7 Å². The van der Waals surface area contributed by atoms with Crippen LogP contribution in [0.15, 0.2) is 65.3 Å². The molecule has 156 valence electrons. The molecular formula is C25H32O4. The number of hydrogen-bond acceptors (Lipinski definition) is 4. The highest BCUT2D eigenvalue weighted by molar-refractivity contribution is 5.54. The van der Waals surface area contributed by atoms with Crippen molar-refractivity contribution in [1.82, 2.24) is 0 Å². The maximum absolute atomic E-state index is 10.1. The number of hydrogen-bond donors (Lipinski definition) is 2. The van der Waals surface area contributed by atoms with E-state index in [1.165, 1.54) is 16.7 Å². The number of benzene rings is 1. The van der Waals surface area contributed by atoms with Crippen molar-refractivity contribution in [2.24, 2.45) is 0 Å². The molecule has 1 aromatic carbocycles. The van der Waals surface area contributed by atoms with Gasteiger partial charge in [-0.25, -0.2) is 0 Å². The Morgan fingerprint density at radius 1 is 1.17 bits per heavy atom. The molecule has 1 heterocycles. The van der Waals surface area contributed by atoms with Crippen molar-refractivity contribution in [3.05, 3.63) is 76.4 Å². The lowest BCUT2D eigenvalue weighted by Crippen LogP contribution is -2.31. The van der Waals surface area contributed by atoms with Crippen LogP contribution >= 0.6 is 0 Å². The van der Waals surface area contributed by atoms with E-state index in [4.69, 9.17) is 9.47 Å². The summed E-state index contributed by atoms with van der Waals surface area (Å²) in [7, 11) is 0. The average molecular weight is 397 g/mol. The summed E-state index contributed by atoms with van der Waals surface area (Å²) in [6.45, 7) is 6.76. The Morgan fingerprint density at radius 2 is 2.00 bits per heavy atom. The highest BCUT2D eigenvalue weighted by Crippen LogP contribution is 2.37. The molecule has 1 aliphatic heterocycles. The van der Waals surface area contributed by atoms with Crippen molar-refractivity contribution in [1.29, 1.82) is 0 Å². The Balaban J connectivity index is 1.83. The third-order valence-electron chi connectivity index (χ3n) is 5.26. The fraction of sp³-hybridized carbons (Fsp3) is 0.440. The molecule has 29 heavy (non-hydrogen) atoms. The number of aliphatic hydroxyl groups is 2. The third-order valence-corrected chi connectivity index (χ3v) is 5.26. The lowest BCUT2D eigenvalue weighted by molar-refractivity contribution is -0.191. The summed E-state index contributed by atoms with van der Waals surface area (Å²) in [4.78, 5) is 0. The van der Waals surface area contributed by atoms with Crippen molar-refractivity contribution in [3.63, 3.8) is 0 Å². The van der Waals surface area contributed by atoms with Gasteiger partial charge in [0.15, 0.2) is 6.29 Å². The Morgan fingerprint density at radius 3 is 2.72 bits per heavy atom. The first-order valence-electron chi connectivity index (χ1n) is 10.5. The summed E-state index contributed by atoms with van der Waals surface area (Å²) in [5.41, 5.74) is 5.83. The molecule has 1 saturated heterocycles.